The summed E-state index contributed by atoms with van der Waals surface area (Å²) in [7, 11) is 0. The van der Waals surface area contributed by atoms with E-state index in [1.54, 1.807) is 0 Å². The third kappa shape index (κ3) is 3.25. The van der Waals surface area contributed by atoms with Crippen LogP contribution in [-0.4, -0.2) is 82.2 Å². The van der Waals surface area contributed by atoms with E-state index in [0.29, 0.717) is 12.8 Å². The zero-order valence-corrected chi connectivity index (χ0v) is 15.9. The van der Waals surface area contributed by atoms with Crippen LogP contribution in [0.2, 0.25) is 0 Å². The second-order valence-electron chi connectivity index (χ2n) is 7.57. The minimum atomic E-state index is -0.636. The van der Waals surface area contributed by atoms with Gasteiger partial charge in [-0.2, -0.15) is 0 Å². The number of fused-ring (bicyclic) bond motifs is 5. The van der Waals surface area contributed by atoms with Gasteiger partial charge in [0.25, 0.3) is 0 Å². The fourth-order valence-electron chi connectivity index (χ4n) is 4.78. The summed E-state index contributed by atoms with van der Waals surface area (Å²) in [5.74, 6) is 0. The molecule has 2 aliphatic heterocycles. The van der Waals surface area contributed by atoms with Gasteiger partial charge in [-0.15, -0.1) is 0 Å². The second-order valence-corrected chi connectivity index (χ2v) is 7.57. The van der Waals surface area contributed by atoms with Gasteiger partial charge in [0.1, 0.15) is 6.10 Å². The summed E-state index contributed by atoms with van der Waals surface area (Å²) in [5, 5.41) is 18.6. The van der Waals surface area contributed by atoms with Crippen LogP contribution in [0, 0.1) is 0 Å². The molecule has 0 radical (unpaired) electrons. The van der Waals surface area contributed by atoms with E-state index < -0.39 is 12.1 Å². The molecule has 152 valence electrons. The Labute approximate surface area is 164 Å². The highest BCUT2D eigenvalue weighted by Gasteiger charge is 2.50. The van der Waals surface area contributed by atoms with Crippen molar-refractivity contribution in [1.29, 1.82) is 0 Å². The van der Waals surface area contributed by atoms with Crippen molar-refractivity contribution >= 4 is 12.1 Å². The maximum Gasteiger partial charge on any atom is 0.419 e. The van der Waals surface area contributed by atoms with E-state index >= 15 is 0 Å². The van der Waals surface area contributed by atoms with E-state index in [0.717, 1.165) is 19.4 Å². The first-order chi connectivity index (χ1) is 13.7. The number of benzene rings is 1. The van der Waals surface area contributed by atoms with E-state index in [1.165, 1.54) is 20.9 Å². The number of hydrogen-bond acceptors (Lipinski definition) is 6. The van der Waals surface area contributed by atoms with Crippen molar-refractivity contribution in [3.05, 3.63) is 35.4 Å². The molecule has 28 heavy (non-hydrogen) atoms. The van der Waals surface area contributed by atoms with Crippen molar-refractivity contribution in [3.63, 3.8) is 0 Å². The number of carbonyl (C=O) groups is 2. The number of imide groups is 1. The average Bonchev–Trinajstić information content (AvgIpc) is 3.00. The van der Waals surface area contributed by atoms with Gasteiger partial charge >= 0.3 is 12.1 Å². The molecule has 3 aliphatic rings. The van der Waals surface area contributed by atoms with Crippen LogP contribution in [0.25, 0.3) is 0 Å². The van der Waals surface area contributed by atoms with Crippen molar-refractivity contribution in [3.8, 4) is 0 Å². The summed E-state index contributed by atoms with van der Waals surface area (Å²) in [6.45, 7) is 0.445. The Morgan fingerprint density at radius 1 is 1.18 bits per heavy atom. The molecular weight excluding hydrogens is 362 g/mol. The summed E-state index contributed by atoms with van der Waals surface area (Å²) in [4.78, 5) is 30.9. The van der Waals surface area contributed by atoms with Gasteiger partial charge in [0.2, 0.25) is 0 Å². The summed E-state index contributed by atoms with van der Waals surface area (Å²) in [6, 6.07) is 7.59. The molecule has 8 nitrogen and oxygen atoms in total. The molecule has 0 unspecified atom stereocenters. The SMILES string of the molecule is O=C1O[C@H]2Cc3ccccc3[C@@H]2N2CCCC[C@@H]2N1C(=O)N(CCO)CCO. The molecule has 2 saturated heterocycles. The first-order valence-corrected chi connectivity index (χ1v) is 9.99. The van der Waals surface area contributed by atoms with Gasteiger partial charge in [-0.25, -0.2) is 14.5 Å². The Morgan fingerprint density at radius 2 is 1.93 bits per heavy atom. The Bertz CT molecular complexity index is 736. The van der Waals surface area contributed by atoms with E-state index in [4.69, 9.17) is 4.74 Å². The summed E-state index contributed by atoms with van der Waals surface area (Å²) < 4.78 is 5.82. The number of amides is 3. The zero-order chi connectivity index (χ0) is 19.7. The number of rotatable bonds is 4. The molecule has 3 atom stereocenters. The number of hydrogen-bond donors (Lipinski definition) is 2. The number of piperidine rings is 1. The first-order valence-electron chi connectivity index (χ1n) is 9.99. The van der Waals surface area contributed by atoms with Gasteiger partial charge in [-0.3, -0.25) is 4.90 Å². The third-order valence-corrected chi connectivity index (χ3v) is 5.98. The van der Waals surface area contributed by atoms with Crippen molar-refractivity contribution < 1.29 is 24.5 Å². The van der Waals surface area contributed by atoms with Crippen LogP contribution in [0.15, 0.2) is 24.3 Å². The van der Waals surface area contributed by atoms with Crippen LogP contribution in [-0.2, 0) is 11.2 Å². The third-order valence-electron chi connectivity index (χ3n) is 5.98. The Hall–Kier alpha value is -2.16. The van der Waals surface area contributed by atoms with Crippen LogP contribution in [0.4, 0.5) is 9.59 Å². The molecule has 1 aliphatic carbocycles. The summed E-state index contributed by atoms with van der Waals surface area (Å²) >= 11 is 0. The molecule has 3 amide bonds. The predicted molar refractivity (Wildman–Crippen MR) is 100 cm³/mol. The topological polar surface area (TPSA) is 93.6 Å². The molecule has 8 heteroatoms. The lowest BCUT2D eigenvalue weighted by atomic mass is 10.00. The van der Waals surface area contributed by atoms with Crippen molar-refractivity contribution in [2.45, 2.75) is 44.0 Å². The second kappa shape index (κ2) is 8.06. The molecular formula is C20H27N3O5. The lowest BCUT2D eigenvalue weighted by molar-refractivity contribution is 0.0175. The predicted octanol–water partition coefficient (Wildman–Crippen LogP) is 1.32. The summed E-state index contributed by atoms with van der Waals surface area (Å²) in [5.41, 5.74) is 2.36. The number of aliphatic hydroxyl groups excluding tert-OH is 2. The zero-order valence-electron chi connectivity index (χ0n) is 15.9. The van der Waals surface area contributed by atoms with E-state index in [2.05, 4.69) is 17.0 Å². The maximum atomic E-state index is 13.2. The standard InChI is InChI=1S/C20H27N3O5/c24-11-9-21(10-12-25)19(26)23-17-7-3-4-8-22(17)18-15-6-2-1-5-14(15)13-16(18)28-20(23)27/h1-2,5-6,16-18,24-25H,3-4,7-13H2/t16-,17-,18-/m0/s1. The fraction of sp³-hybridized carbons (Fsp3) is 0.600. The number of ether oxygens (including phenoxy) is 1. The van der Waals surface area contributed by atoms with Crippen molar-refractivity contribution in [2.75, 3.05) is 32.8 Å². The molecule has 2 fully saturated rings. The Kier molecular flexibility index (Phi) is 5.52. The van der Waals surface area contributed by atoms with Gasteiger partial charge in [-0.1, -0.05) is 24.3 Å². The molecule has 0 saturated carbocycles. The Morgan fingerprint density at radius 3 is 2.68 bits per heavy atom. The van der Waals surface area contributed by atoms with Gasteiger partial charge < -0.3 is 19.8 Å². The largest absolute Gasteiger partial charge is 0.443 e. The molecule has 0 aromatic heterocycles. The van der Waals surface area contributed by atoms with Crippen LogP contribution in [0.1, 0.15) is 36.4 Å². The fourth-order valence-corrected chi connectivity index (χ4v) is 4.78. The lowest BCUT2D eigenvalue weighted by Gasteiger charge is -2.42. The highest BCUT2D eigenvalue weighted by molar-refractivity contribution is 5.91. The summed E-state index contributed by atoms with van der Waals surface area (Å²) in [6.07, 6.45) is 1.95. The smallest absolute Gasteiger partial charge is 0.419 e. The van der Waals surface area contributed by atoms with Gasteiger partial charge in [0.15, 0.2) is 0 Å². The monoisotopic (exact) mass is 389 g/mol. The van der Waals surface area contributed by atoms with Crippen LogP contribution < -0.4 is 0 Å². The molecule has 1 aromatic carbocycles. The number of aliphatic hydroxyl groups is 2. The van der Waals surface area contributed by atoms with Crippen LogP contribution >= 0.6 is 0 Å². The molecule has 0 bridgehead atoms. The number of carbonyl (C=O) groups excluding carboxylic acids is 2. The minimum absolute atomic E-state index is 0.0487. The molecule has 2 heterocycles. The number of urea groups is 1. The molecule has 4 rings (SSSR count). The Balaban J connectivity index is 1.69. The van der Waals surface area contributed by atoms with Gasteiger partial charge in [-0.05, 0) is 30.4 Å². The van der Waals surface area contributed by atoms with Crippen molar-refractivity contribution in [2.24, 2.45) is 0 Å². The highest BCUT2D eigenvalue weighted by atomic mass is 16.6. The van der Waals surface area contributed by atoms with E-state index in [-0.39, 0.29) is 44.6 Å². The van der Waals surface area contributed by atoms with Crippen LogP contribution in [0.3, 0.4) is 0 Å². The van der Waals surface area contributed by atoms with Crippen molar-refractivity contribution in [1.82, 2.24) is 14.7 Å². The maximum absolute atomic E-state index is 13.2. The molecule has 1 aromatic rings. The van der Waals surface area contributed by atoms with Gasteiger partial charge in [0.05, 0.1) is 25.4 Å². The molecule has 0 spiro atoms. The van der Waals surface area contributed by atoms with Crippen LogP contribution in [0.5, 0.6) is 0 Å². The average molecular weight is 389 g/mol. The molecule has 2 N–H and O–H groups in total. The number of nitrogens with zero attached hydrogens (tertiary/aromatic N) is 3. The first kappa shape index (κ1) is 19.2. The lowest BCUT2D eigenvalue weighted by Crippen LogP contribution is -2.58. The minimum Gasteiger partial charge on any atom is -0.443 e. The van der Waals surface area contributed by atoms with E-state index in [9.17, 15) is 19.8 Å². The normalized spacial score (nSPS) is 26.7. The highest BCUT2D eigenvalue weighted by Crippen LogP contribution is 2.43. The quantitative estimate of drug-likeness (QED) is 0.807. The van der Waals surface area contributed by atoms with Gasteiger partial charge in [0, 0.05) is 26.1 Å². The van der Waals surface area contributed by atoms with E-state index in [1.807, 2.05) is 12.1 Å².